The van der Waals surface area contributed by atoms with Crippen molar-refractivity contribution < 1.29 is 9.59 Å². The number of hydrogen-bond acceptors (Lipinski definition) is 2. The van der Waals surface area contributed by atoms with E-state index in [4.69, 9.17) is 11.6 Å². The molecule has 1 aromatic rings. The van der Waals surface area contributed by atoms with Gasteiger partial charge in [0.05, 0.1) is 0 Å². The topological polar surface area (TPSA) is 58.2 Å². The lowest BCUT2D eigenvalue weighted by Crippen LogP contribution is -2.31. The van der Waals surface area contributed by atoms with E-state index in [1.807, 2.05) is 24.3 Å². The van der Waals surface area contributed by atoms with E-state index < -0.39 is 0 Å². The Labute approximate surface area is 119 Å². The fourth-order valence-electron chi connectivity index (χ4n) is 1.29. The summed E-state index contributed by atoms with van der Waals surface area (Å²) >= 11 is 8.71. The number of hydrogen-bond donors (Lipinski definition) is 2. The molecule has 0 unspecified atom stereocenters. The van der Waals surface area contributed by atoms with Crippen molar-refractivity contribution in [1.82, 2.24) is 10.6 Å². The zero-order chi connectivity index (χ0) is 13.4. The molecule has 0 aromatic heterocycles. The molecule has 4 nitrogen and oxygen atoms in total. The molecule has 1 aromatic carbocycles. The van der Waals surface area contributed by atoms with Crippen LogP contribution in [0.2, 0.25) is 0 Å². The zero-order valence-corrected chi connectivity index (χ0v) is 12.1. The normalized spacial score (nSPS) is 9.89. The maximum Gasteiger partial charge on any atom is 0.234 e. The summed E-state index contributed by atoms with van der Waals surface area (Å²) in [5.74, 6) is -0.464. The van der Waals surface area contributed by atoms with Crippen LogP contribution in [0.15, 0.2) is 28.7 Å². The quantitative estimate of drug-likeness (QED) is 0.780. The molecule has 0 bridgehead atoms. The van der Waals surface area contributed by atoms with Gasteiger partial charge in [0.15, 0.2) is 0 Å². The van der Waals surface area contributed by atoms with Crippen molar-refractivity contribution in [2.75, 3.05) is 12.4 Å². The lowest BCUT2D eigenvalue weighted by molar-refractivity contribution is -0.121. The Morgan fingerprint density at radius 1 is 1.17 bits per heavy atom. The Bertz CT molecular complexity index is 426. The molecule has 0 fully saturated rings. The number of carbonyl (C=O) groups is 2. The summed E-state index contributed by atoms with van der Waals surface area (Å²) in [6.07, 6.45) is 0.243. The van der Waals surface area contributed by atoms with Crippen LogP contribution in [0.4, 0.5) is 0 Å². The predicted molar refractivity (Wildman–Crippen MR) is 74.3 cm³/mol. The SMILES string of the molecule is O=C(CCl)NCCC(=O)NCc1ccccc1Br. The number of carbonyl (C=O) groups excluding carboxylic acids is 2. The summed E-state index contributed by atoms with van der Waals surface area (Å²) in [7, 11) is 0. The first kappa shape index (κ1) is 15.0. The standard InChI is InChI=1S/C12H14BrClN2O2/c13-10-4-2-1-3-9(10)8-16-11(17)5-6-15-12(18)7-14/h1-4H,5-8H2,(H,15,18)(H,16,17). The number of benzene rings is 1. The van der Waals surface area contributed by atoms with Crippen molar-refractivity contribution in [3.05, 3.63) is 34.3 Å². The minimum absolute atomic E-state index is 0.0847. The van der Waals surface area contributed by atoms with Crippen molar-refractivity contribution >= 4 is 39.3 Å². The second kappa shape index (κ2) is 8.11. The van der Waals surface area contributed by atoms with Crippen LogP contribution in [0.25, 0.3) is 0 Å². The zero-order valence-electron chi connectivity index (χ0n) is 9.71. The number of rotatable bonds is 6. The summed E-state index contributed by atoms with van der Waals surface area (Å²) in [6.45, 7) is 0.761. The molecule has 6 heteroatoms. The van der Waals surface area contributed by atoms with Gasteiger partial charge >= 0.3 is 0 Å². The van der Waals surface area contributed by atoms with E-state index in [2.05, 4.69) is 26.6 Å². The molecular weight excluding hydrogens is 320 g/mol. The smallest absolute Gasteiger partial charge is 0.234 e. The first-order valence-electron chi connectivity index (χ1n) is 5.46. The third-order valence-corrected chi connectivity index (χ3v) is 3.25. The molecule has 0 aliphatic carbocycles. The maximum absolute atomic E-state index is 11.5. The minimum Gasteiger partial charge on any atom is -0.355 e. The van der Waals surface area contributed by atoms with Crippen LogP contribution in [-0.4, -0.2) is 24.2 Å². The number of alkyl halides is 1. The van der Waals surface area contributed by atoms with E-state index in [-0.39, 0.29) is 24.1 Å². The maximum atomic E-state index is 11.5. The van der Waals surface area contributed by atoms with Crippen molar-refractivity contribution in [2.45, 2.75) is 13.0 Å². The summed E-state index contributed by atoms with van der Waals surface area (Å²) in [5.41, 5.74) is 1.01. The van der Waals surface area contributed by atoms with Gasteiger partial charge in [-0.1, -0.05) is 34.1 Å². The monoisotopic (exact) mass is 332 g/mol. The molecule has 0 saturated heterocycles. The third-order valence-electron chi connectivity index (χ3n) is 2.23. The highest BCUT2D eigenvalue weighted by molar-refractivity contribution is 9.10. The first-order valence-corrected chi connectivity index (χ1v) is 6.79. The average molecular weight is 334 g/mol. The summed E-state index contributed by atoms with van der Waals surface area (Å²) in [4.78, 5) is 22.3. The largest absolute Gasteiger partial charge is 0.355 e. The molecule has 0 aliphatic heterocycles. The molecular formula is C12H14BrClN2O2. The molecule has 0 spiro atoms. The van der Waals surface area contributed by atoms with Gasteiger partial charge in [0.1, 0.15) is 5.88 Å². The molecule has 1 rings (SSSR count). The van der Waals surface area contributed by atoms with E-state index in [0.29, 0.717) is 13.1 Å². The Balaban J connectivity index is 2.25. The van der Waals surface area contributed by atoms with Crippen molar-refractivity contribution in [3.8, 4) is 0 Å². The van der Waals surface area contributed by atoms with E-state index in [0.717, 1.165) is 10.0 Å². The van der Waals surface area contributed by atoms with Crippen molar-refractivity contribution in [3.63, 3.8) is 0 Å². The van der Waals surface area contributed by atoms with Gasteiger partial charge in [-0.15, -0.1) is 11.6 Å². The lowest BCUT2D eigenvalue weighted by atomic mass is 10.2. The van der Waals surface area contributed by atoms with Crippen LogP contribution in [-0.2, 0) is 16.1 Å². The fraction of sp³-hybridized carbons (Fsp3) is 0.333. The summed E-state index contributed by atoms with van der Waals surface area (Å²) < 4.78 is 0.959. The first-order chi connectivity index (χ1) is 8.63. The highest BCUT2D eigenvalue weighted by atomic mass is 79.9. The molecule has 0 heterocycles. The second-order valence-corrected chi connectivity index (χ2v) is 4.72. The Morgan fingerprint density at radius 2 is 1.89 bits per heavy atom. The van der Waals surface area contributed by atoms with Crippen LogP contribution in [0.1, 0.15) is 12.0 Å². The molecule has 2 amide bonds. The van der Waals surface area contributed by atoms with Crippen LogP contribution in [0.3, 0.4) is 0 Å². The molecule has 2 N–H and O–H groups in total. The highest BCUT2D eigenvalue weighted by Crippen LogP contribution is 2.15. The van der Waals surface area contributed by atoms with E-state index in [9.17, 15) is 9.59 Å². The van der Waals surface area contributed by atoms with Crippen LogP contribution in [0, 0.1) is 0 Å². The van der Waals surface area contributed by atoms with Crippen LogP contribution in [0.5, 0.6) is 0 Å². The van der Waals surface area contributed by atoms with E-state index in [1.54, 1.807) is 0 Å². The van der Waals surface area contributed by atoms with Gasteiger partial charge in [-0.05, 0) is 11.6 Å². The Morgan fingerprint density at radius 3 is 2.56 bits per heavy atom. The van der Waals surface area contributed by atoms with Gasteiger partial charge in [-0.3, -0.25) is 9.59 Å². The van der Waals surface area contributed by atoms with Gasteiger partial charge in [0, 0.05) is 24.0 Å². The summed E-state index contributed by atoms with van der Waals surface area (Å²) in [6, 6.07) is 7.67. The van der Waals surface area contributed by atoms with Gasteiger partial charge in [-0.25, -0.2) is 0 Å². The number of halogens is 2. The third kappa shape index (κ3) is 5.51. The molecule has 0 aliphatic rings. The molecule has 0 radical (unpaired) electrons. The molecule has 0 atom stereocenters. The molecule has 0 saturated carbocycles. The predicted octanol–water partition coefficient (Wildman–Crippen LogP) is 1.81. The van der Waals surface area contributed by atoms with Crippen molar-refractivity contribution in [1.29, 1.82) is 0 Å². The number of amides is 2. The van der Waals surface area contributed by atoms with Crippen LogP contribution < -0.4 is 10.6 Å². The molecule has 98 valence electrons. The van der Waals surface area contributed by atoms with E-state index >= 15 is 0 Å². The lowest BCUT2D eigenvalue weighted by Gasteiger charge is -2.07. The van der Waals surface area contributed by atoms with E-state index in [1.165, 1.54) is 0 Å². The summed E-state index contributed by atoms with van der Waals surface area (Å²) in [5, 5.41) is 5.31. The average Bonchev–Trinajstić information content (AvgIpc) is 2.37. The second-order valence-electron chi connectivity index (χ2n) is 3.60. The highest BCUT2D eigenvalue weighted by Gasteiger charge is 2.04. The minimum atomic E-state index is -0.268. The van der Waals surface area contributed by atoms with Gasteiger partial charge in [-0.2, -0.15) is 0 Å². The Kier molecular flexibility index (Phi) is 6.75. The van der Waals surface area contributed by atoms with Gasteiger partial charge in [0.2, 0.25) is 11.8 Å². The van der Waals surface area contributed by atoms with Crippen LogP contribution >= 0.6 is 27.5 Å². The van der Waals surface area contributed by atoms with Crippen molar-refractivity contribution in [2.24, 2.45) is 0 Å². The number of nitrogens with one attached hydrogen (secondary N) is 2. The Hall–Kier alpha value is -1.07. The fourth-order valence-corrected chi connectivity index (χ4v) is 1.81. The molecule has 18 heavy (non-hydrogen) atoms. The van der Waals surface area contributed by atoms with Gasteiger partial charge in [0.25, 0.3) is 0 Å². The van der Waals surface area contributed by atoms with Gasteiger partial charge < -0.3 is 10.6 Å².